The monoisotopic (exact) mass is 196 g/mol. The maximum atomic E-state index is 5.28. The van der Waals surface area contributed by atoms with E-state index in [1.165, 1.54) is 13.0 Å². The van der Waals surface area contributed by atoms with Crippen molar-refractivity contribution in [1.82, 2.24) is 10.2 Å². The molecule has 0 aromatic carbocycles. The van der Waals surface area contributed by atoms with Gasteiger partial charge in [-0.3, -0.25) is 4.90 Å². The molecule has 3 nitrogen and oxygen atoms in total. The minimum Gasteiger partial charge on any atom is -0.379 e. The summed E-state index contributed by atoms with van der Waals surface area (Å²) in [5.74, 6) is 5.86. The van der Waals surface area contributed by atoms with Crippen LogP contribution in [-0.4, -0.2) is 50.8 Å². The molecule has 0 spiro atoms. The van der Waals surface area contributed by atoms with Gasteiger partial charge in [0.1, 0.15) is 0 Å². The van der Waals surface area contributed by atoms with Gasteiger partial charge in [0.15, 0.2) is 0 Å². The van der Waals surface area contributed by atoms with Gasteiger partial charge in [0.25, 0.3) is 0 Å². The average Bonchev–Trinajstić information content (AvgIpc) is 2.25. The molecule has 0 bridgehead atoms. The van der Waals surface area contributed by atoms with Crippen LogP contribution in [0.5, 0.6) is 0 Å². The summed E-state index contributed by atoms with van der Waals surface area (Å²) < 4.78 is 5.28. The van der Waals surface area contributed by atoms with E-state index in [1.54, 1.807) is 0 Å². The first-order valence-electron chi connectivity index (χ1n) is 5.34. The Hall–Kier alpha value is -0.560. The molecule has 0 aromatic heterocycles. The van der Waals surface area contributed by atoms with E-state index in [0.717, 1.165) is 39.4 Å². The van der Waals surface area contributed by atoms with Crippen molar-refractivity contribution in [2.24, 2.45) is 0 Å². The molecule has 1 fully saturated rings. The van der Waals surface area contributed by atoms with Gasteiger partial charge in [-0.25, -0.2) is 0 Å². The van der Waals surface area contributed by atoms with Gasteiger partial charge < -0.3 is 10.1 Å². The van der Waals surface area contributed by atoms with E-state index < -0.39 is 0 Å². The molecule has 1 N–H and O–H groups in total. The molecule has 0 atom stereocenters. The third-order valence-electron chi connectivity index (χ3n) is 2.32. The fraction of sp³-hybridized carbons (Fsp3) is 0.818. The van der Waals surface area contributed by atoms with Crippen molar-refractivity contribution in [2.45, 2.75) is 13.3 Å². The van der Waals surface area contributed by atoms with Crippen LogP contribution in [0.15, 0.2) is 0 Å². The summed E-state index contributed by atoms with van der Waals surface area (Å²) in [5.41, 5.74) is 0. The standard InChI is InChI=1S/C11H20N2O/c1-2-3-5-12-6-4-7-13-8-10-14-11-9-13/h12H,4-11H2,1H3. The molecular weight excluding hydrogens is 176 g/mol. The molecule has 0 radical (unpaired) electrons. The quantitative estimate of drug-likeness (QED) is 0.506. The summed E-state index contributed by atoms with van der Waals surface area (Å²) >= 11 is 0. The number of nitrogens with zero attached hydrogens (tertiary/aromatic N) is 1. The fourth-order valence-corrected chi connectivity index (χ4v) is 1.49. The molecule has 1 aliphatic heterocycles. The highest BCUT2D eigenvalue weighted by molar-refractivity contribution is 4.96. The van der Waals surface area contributed by atoms with E-state index in [0.29, 0.717) is 0 Å². The zero-order chi connectivity index (χ0) is 10.1. The molecule has 1 heterocycles. The first kappa shape index (κ1) is 11.5. The van der Waals surface area contributed by atoms with Crippen LogP contribution in [0.3, 0.4) is 0 Å². The highest BCUT2D eigenvalue weighted by atomic mass is 16.5. The van der Waals surface area contributed by atoms with E-state index >= 15 is 0 Å². The Morgan fingerprint density at radius 3 is 2.86 bits per heavy atom. The second-order valence-corrected chi connectivity index (χ2v) is 3.41. The predicted molar refractivity (Wildman–Crippen MR) is 58.2 cm³/mol. The van der Waals surface area contributed by atoms with Gasteiger partial charge in [-0.1, -0.05) is 5.92 Å². The van der Waals surface area contributed by atoms with Crippen molar-refractivity contribution in [3.63, 3.8) is 0 Å². The van der Waals surface area contributed by atoms with Crippen molar-refractivity contribution in [3.05, 3.63) is 0 Å². The van der Waals surface area contributed by atoms with Gasteiger partial charge >= 0.3 is 0 Å². The fourth-order valence-electron chi connectivity index (χ4n) is 1.49. The minimum atomic E-state index is 0.819. The molecule has 14 heavy (non-hydrogen) atoms. The van der Waals surface area contributed by atoms with Gasteiger partial charge in [0.05, 0.1) is 19.8 Å². The Kier molecular flexibility index (Phi) is 6.42. The highest BCUT2D eigenvalue weighted by Gasteiger charge is 2.08. The minimum absolute atomic E-state index is 0.819. The molecule has 3 heteroatoms. The first-order valence-corrected chi connectivity index (χ1v) is 5.34. The lowest BCUT2D eigenvalue weighted by Gasteiger charge is -2.26. The molecule has 0 aliphatic carbocycles. The zero-order valence-corrected chi connectivity index (χ0v) is 9.01. The predicted octanol–water partition coefficient (Wildman–Crippen LogP) is 0.322. The summed E-state index contributed by atoms with van der Waals surface area (Å²) in [4.78, 5) is 2.46. The lowest BCUT2D eigenvalue weighted by Crippen LogP contribution is -2.37. The topological polar surface area (TPSA) is 24.5 Å². The molecule has 1 saturated heterocycles. The van der Waals surface area contributed by atoms with Crippen LogP contribution in [0.1, 0.15) is 13.3 Å². The van der Waals surface area contributed by atoms with Crippen molar-refractivity contribution in [3.8, 4) is 11.8 Å². The highest BCUT2D eigenvalue weighted by Crippen LogP contribution is 1.96. The van der Waals surface area contributed by atoms with Gasteiger partial charge in [0.2, 0.25) is 0 Å². The number of morpholine rings is 1. The van der Waals surface area contributed by atoms with Gasteiger partial charge in [-0.15, -0.1) is 5.92 Å². The lowest BCUT2D eigenvalue weighted by atomic mass is 10.3. The van der Waals surface area contributed by atoms with Gasteiger partial charge in [-0.05, 0) is 26.4 Å². The van der Waals surface area contributed by atoms with Crippen molar-refractivity contribution >= 4 is 0 Å². The molecule has 1 rings (SSSR count). The van der Waals surface area contributed by atoms with E-state index in [4.69, 9.17) is 4.74 Å². The number of nitrogens with one attached hydrogen (secondary N) is 1. The van der Waals surface area contributed by atoms with Crippen LogP contribution < -0.4 is 5.32 Å². The summed E-state index contributed by atoms with van der Waals surface area (Å²) in [6, 6.07) is 0. The Balaban J connectivity index is 1.89. The van der Waals surface area contributed by atoms with Crippen LogP contribution in [0, 0.1) is 11.8 Å². The van der Waals surface area contributed by atoms with Crippen molar-refractivity contribution in [1.29, 1.82) is 0 Å². The number of ether oxygens (including phenoxy) is 1. The average molecular weight is 196 g/mol. The number of hydrogen-bond acceptors (Lipinski definition) is 3. The second kappa shape index (κ2) is 7.81. The second-order valence-electron chi connectivity index (χ2n) is 3.41. The summed E-state index contributed by atoms with van der Waals surface area (Å²) in [5, 5.41) is 3.29. The molecule has 0 amide bonds. The smallest absolute Gasteiger partial charge is 0.0594 e. The third kappa shape index (κ3) is 5.23. The summed E-state index contributed by atoms with van der Waals surface area (Å²) in [6.07, 6.45) is 1.20. The van der Waals surface area contributed by atoms with Crippen molar-refractivity contribution < 1.29 is 4.74 Å². The SMILES string of the molecule is CC#CCNCCCN1CCOCC1. The Labute approximate surface area is 86.8 Å². The van der Waals surface area contributed by atoms with Crippen LogP contribution >= 0.6 is 0 Å². The third-order valence-corrected chi connectivity index (χ3v) is 2.32. The molecule has 0 saturated carbocycles. The normalized spacial score (nSPS) is 17.5. The summed E-state index contributed by atoms with van der Waals surface area (Å²) in [7, 11) is 0. The number of rotatable bonds is 5. The number of hydrogen-bond donors (Lipinski definition) is 1. The van der Waals surface area contributed by atoms with Gasteiger partial charge in [0, 0.05) is 13.1 Å². The Bertz CT molecular complexity index is 189. The van der Waals surface area contributed by atoms with E-state index in [1.807, 2.05) is 6.92 Å². The Morgan fingerprint density at radius 1 is 1.36 bits per heavy atom. The van der Waals surface area contributed by atoms with Crippen molar-refractivity contribution in [2.75, 3.05) is 45.9 Å². The molecule has 0 aromatic rings. The van der Waals surface area contributed by atoms with Gasteiger partial charge in [-0.2, -0.15) is 0 Å². The maximum absolute atomic E-state index is 5.28. The van der Waals surface area contributed by atoms with Crippen LogP contribution in [0.2, 0.25) is 0 Å². The van der Waals surface area contributed by atoms with E-state index in [-0.39, 0.29) is 0 Å². The van der Waals surface area contributed by atoms with Crippen LogP contribution in [0.4, 0.5) is 0 Å². The molecule has 0 unspecified atom stereocenters. The first-order chi connectivity index (χ1) is 6.93. The maximum Gasteiger partial charge on any atom is 0.0594 e. The Morgan fingerprint density at radius 2 is 2.14 bits per heavy atom. The van der Waals surface area contributed by atoms with Crippen LogP contribution in [0.25, 0.3) is 0 Å². The molecule has 1 aliphatic rings. The largest absolute Gasteiger partial charge is 0.379 e. The van der Waals surface area contributed by atoms with E-state index in [2.05, 4.69) is 22.1 Å². The summed E-state index contributed by atoms with van der Waals surface area (Å²) in [6.45, 7) is 8.91. The molecular formula is C11H20N2O. The lowest BCUT2D eigenvalue weighted by molar-refractivity contribution is 0.0375. The zero-order valence-electron chi connectivity index (χ0n) is 9.01. The van der Waals surface area contributed by atoms with E-state index in [9.17, 15) is 0 Å². The van der Waals surface area contributed by atoms with Crippen LogP contribution in [-0.2, 0) is 4.74 Å². The molecule has 80 valence electrons.